The van der Waals surface area contributed by atoms with E-state index in [0.717, 1.165) is 22.0 Å². The second kappa shape index (κ2) is 6.40. The van der Waals surface area contributed by atoms with Gasteiger partial charge in [-0.15, -0.1) is 0 Å². The van der Waals surface area contributed by atoms with Gasteiger partial charge in [-0.05, 0) is 55.5 Å². The molecule has 26 heavy (non-hydrogen) atoms. The Labute approximate surface area is 149 Å². The summed E-state index contributed by atoms with van der Waals surface area (Å²) < 4.78 is 10.6. The van der Waals surface area contributed by atoms with Gasteiger partial charge in [0.15, 0.2) is 5.76 Å². The average Bonchev–Trinajstić information content (AvgIpc) is 3.17. The van der Waals surface area contributed by atoms with Crippen LogP contribution in [0.5, 0.6) is 5.75 Å². The van der Waals surface area contributed by atoms with Crippen molar-refractivity contribution in [3.05, 3.63) is 60.6 Å². The number of hydrogen-bond donors (Lipinski definition) is 2. The van der Waals surface area contributed by atoms with Crippen LogP contribution in [0.1, 0.15) is 17.5 Å². The number of amides is 1. The zero-order valence-corrected chi connectivity index (χ0v) is 14.2. The fourth-order valence-corrected chi connectivity index (χ4v) is 2.89. The number of furan rings is 1. The largest absolute Gasteiger partial charge is 0.494 e. The third kappa shape index (κ3) is 2.82. The lowest BCUT2D eigenvalue weighted by atomic mass is 10.1. The second-order valence-corrected chi connectivity index (χ2v) is 5.80. The van der Waals surface area contributed by atoms with Crippen molar-refractivity contribution < 1.29 is 13.9 Å². The monoisotopic (exact) mass is 347 g/mol. The minimum Gasteiger partial charge on any atom is -0.494 e. The van der Waals surface area contributed by atoms with Crippen LogP contribution in [0.15, 0.2) is 59.2 Å². The summed E-state index contributed by atoms with van der Waals surface area (Å²) in [5.41, 5.74) is 9.08. The number of rotatable bonds is 4. The van der Waals surface area contributed by atoms with Crippen LogP contribution in [-0.4, -0.2) is 17.5 Å². The van der Waals surface area contributed by atoms with Crippen LogP contribution < -0.4 is 15.8 Å². The summed E-state index contributed by atoms with van der Waals surface area (Å²) in [6.07, 6.45) is 1.46. The SMILES string of the molecule is CCOc1ccc2nc3cc(NC(=O)c4ccco4)ccc3c(N)c2c1. The third-order valence-electron chi connectivity index (χ3n) is 4.10. The molecular formula is C20H17N3O3. The molecule has 0 bridgehead atoms. The highest BCUT2D eigenvalue weighted by atomic mass is 16.5. The Morgan fingerprint density at radius 3 is 2.81 bits per heavy atom. The number of pyridine rings is 1. The Morgan fingerprint density at radius 2 is 2.04 bits per heavy atom. The number of hydrogen-bond acceptors (Lipinski definition) is 5. The van der Waals surface area contributed by atoms with Gasteiger partial charge in [0.25, 0.3) is 5.91 Å². The van der Waals surface area contributed by atoms with Crippen LogP contribution in [0, 0.1) is 0 Å². The number of carbonyl (C=O) groups excluding carboxylic acids is 1. The van der Waals surface area contributed by atoms with Gasteiger partial charge >= 0.3 is 0 Å². The van der Waals surface area contributed by atoms with Gasteiger partial charge in [0.05, 0.1) is 29.6 Å². The number of aromatic nitrogens is 1. The van der Waals surface area contributed by atoms with Crippen LogP contribution in [-0.2, 0) is 0 Å². The lowest BCUT2D eigenvalue weighted by Crippen LogP contribution is -2.10. The van der Waals surface area contributed by atoms with Crippen LogP contribution in [0.2, 0.25) is 0 Å². The van der Waals surface area contributed by atoms with E-state index >= 15 is 0 Å². The van der Waals surface area contributed by atoms with Crippen molar-refractivity contribution in [3.63, 3.8) is 0 Å². The summed E-state index contributed by atoms with van der Waals surface area (Å²) in [5, 5.41) is 4.46. The van der Waals surface area contributed by atoms with E-state index in [-0.39, 0.29) is 11.7 Å². The minimum absolute atomic E-state index is 0.250. The Hall–Kier alpha value is -3.54. The molecule has 0 saturated heterocycles. The molecule has 0 atom stereocenters. The first-order valence-corrected chi connectivity index (χ1v) is 8.26. The second-order valence-electron chi connectivity index (χ2n) is 5.80. The van der Waals surface area contributed by atoms with E-state index in [1.165, 1.54) is 6.26 Å². The van der Waals surface area contributed by atoms with Gasteiger partial charge in [-0.25, -0.2) is 4.98 Å². The topological polar surface area (TPSA) is 90.4 Å². The molecule has 0 aliphatic carbocycles. The van der Waals surface area contributed by atoms with Crippen molar-refractivity contribution in [3.8, 4) is 5.75 Å². The quantitative estimate of drug-likeness (QED) is 0.540. The molecule has 6 nitrogen and oxygen atoms in total. The Bertz CT molecular complexity index is 1100. The van der Waals surface area contributed by atoms with E-state index < -0.39 is 0 Å². The first kappa shape index (κ1) is 16.0. The van der Waals surface area contributed by atoms with Crippen molar-refractivity contribution in [1.29, 1.82) is 0 Å². The molecule has 0 spiro atoms. The summed E-state index contributed by atoms with van der Waals surface area (Å²) in [7, 11) is 0. The number of carbonyl (C=O) groups is 1. The summed E-state index contributed by atoms with van der Waals surface area (Å²) in [6, 6.07) is 14.4. The van der Waals surface area contributed by atoms with Crippen molar-refractivity contribution in [1.82, 2.24) is 4.98 Å². The van der Waals surface area contributed by atoms with E-state index in [1.807, 2.05) is 31.2 Å². The number of nitrogens with one attached hydrogen (secondary N) is 1. The highest BCUT2D eigenvalue weighted by molar-refractivity contribution is 6.08. The number of anilines is 2. The maximum absolute atomic E-state index is 12.1. The molecular weight excluding hydrogens is 330 g/mol. The van der Waals surface area contributed by atoms with E-state index in [4.69, 9.17) is 14.9 Å². The summed E-state index contributed by atoms with van der Waals surface area (Å²) in [6.45, 7) is 2.52. The fourth-order valence-electron chi connectivity index (χ4n) is 2.89. The lowest BCUT2D eigenvalue weighted by Gasteiger charge is -2.10. The van der Waals surface area contributed by atoms with Gasteiger partial charge in [0, 0.05) is 16.5 Å². The van der Waals surface area contributed by atoms with Crippen molar-refractivity contribution >= 4 is 39.1 Å². The molecule has 2 heterocycles. The molecule has 3 N–H and O–H groups in total. The predicted octanol–water partition coefficient (Wildman–Crippen LogP) is 4.21. The Kier molecular flexibility index (Phi) is 3.93. The number of fused-ring (bicyclic) bond motifs is 2. The smallest absolute Gasteiger partial charge is 0.291 e. The summed E-state index contributed by atoms with van der Waals surface area (Å²) in [5.74, 6) is 0.694. The molecule has 0 radical (unpaired) electrons. The predicted molar refractivity (Wildman–Crippen MR) is 101 cm³/mol. The Balaban J connectivity index is 1.75. The molecule has 2 aromatic carbocycles. The first-order valence-electron chi connectivity index (χ1n) is 8.26. The summed E-state index contributed by atoms with van der Waals surface area (Å²) >= 11 is 0. The van der Waals surface area contributed by atoms with E-state index in [2.05, 4.69) is 10.3 Å². The highest BCUT2D eigenvalue weighted by Gasteiger charge is 2.11. The molecule has 1 amide bonds. The van der Waals surface area contributed by atoms with Crippen LogP contribution in [0.25, 0.3) is 21.8 Å². The Morgan fingerprint density at radius 1 is 1.15 bits per heavy atom. The molecule has 0 unspecified atom stereocenters. The van der Waals surface area contributed by atoms with Crippen molar-refractivity contribution in [2.45, 2.75) is 6.92 Å². The molecule has 0 aliphatic rings. The lowest BCUT2D eigenvalue weighted by molar-refractivity contribution is 0.0996. The molecule has 4 aromatic rings. The van der Waals surface area contributed by atoms with Gasteiger partial charge in [0.2, 0.25) is 0 Å². The first-order chi connectivity index (χ1) is 12.7. The zero-order chi connectivity index (χ0) is 18.1. The highest BCUT2D eigenvalue weighted by Crippen LogP contribution is 2.32. The van der Waals surface area contributed by atoms with E-state index in [0.29, 0.717) is 23.5 Å². The van der Waals surface area contributed by atoms with Gasteiger partial charge in [0.1, 0.15) is 5.75 Å². The maximum atomic E-state index is 12.1. The van der Waals surface area contributed by atoms with E-state index in [1.54, 1.807) is 24.3 Å². The van der Waals surface area contributed by atoms with Gasteiger partial charge in [-0.1, -0.05) is 0 Å². The van der Waals surface area contributed by atoms with Gasteiger partial charge in [-0.2, -0.15) is 0 Å². The van der Waals surface area contributed by atoms with Gasteiger partial charge in [-0.3, -0.25) is 4.79 Å². The van der Waals surface area contributed by atoms with Crippen LogP contribution in [0.3, 0.4) is 0 Å². The molecule has 0 saturated carbocycles. The normalized spacial score (nSPS) is 11.0. The number of nitrogen functional groups attached to an aromatic ring is 1. The van der Waals surface area contributed by atoms with Crippen LogP contribution in [0.4, 0.5) is 11.4 Å². The number of nitrogens with two attached hydrogens (primary N) is 1. The third-order valence-corrected chi connectivity index (χ3v) is 4.10. The molecule has 130 valence electrons. The zero-order valence-electron chi connectivity index (χ0n) is 14.2. The molecule has 2 aromatic heterocycles. The molecule has 6 heteroatoms. The minimum atomic E-state index is -0.315. The molecule has 0 aliphatic heterocycles. The van der Waals surface area contributed by atoms with Crippen LogP contribution >= 0.6 is 0 Å². The van der Waals surface area contributed by atoms with Gasteiger partial charge < -0.3 is 20.2 Å². The molecule has 0 fully saturated rings. The molecule has 4 rings (SSSR count). The maximum Gasteiger partial charge on any atom is 0.291 e. The standard InChI is InChI=1S/C20H17N3O3/c1-2-25-13-6-8-16-15(11-13)19(21)14-7-5-12(10-17(14)23-16)22-20(24)18-4-3-9-26-18/h3-11H,2H2,1H3,(H2,21,23)(H,22,24). The van der Waals surface area contributed by atoms with Crippen molar-refractivity contribution in [2.24, 2.45) is 0 Å². The van der Waals surface area contributed by atoms with Crippen molar-refractivity contribution in [2.75, 3.05) is 17.7 Å². The number of benzene rings is 2. The number of nitrogens with zero attached hydrogens (tertiary/aromatic N) is 1. The number of ether oxygens (including phenoxy) is 1. The van der Waals surface area contributed by atoms with E-state index in [9.17, 15) is 4.79 Å². The fraction of sp³-hybridized carbons (Fsp3) is 0.100. The average molecular weight is 347 g/mol. The summed E-state index contributed by atoms with van der Waals surface area (Å²) in [4.78, 5) is 16.8.